The summed E-state index contributed by atoms with van der Waals surface area (Å²) < 4.78 is 5.17. The zero-order chi connectivity index (χ0) is 19.0. The topological polar surface area (TPSA) is 87.7 Å². The van der Waals surface area contributed by atoms with Crippen molar-refractivity contribution in [2.45, 2.75) is 19.3 Å². The molecule has 0 atom stereocenters. The van der Waals surface area contributed by atoms with Crippen molar-refractivity contribution in [3.05, 3.63) is 47.5 Å². The Hall–Kier alpha value is -3.35. The molecule has 0 saturated carbocycles. The molecule has 3 amide bonds. The van der Waals surface area contributed by atoms with Crippen LogP contribution in [0.25, 0.3) is 0 Å². The second-order valence-corrected chi connectivity index (χ2v) is 6.55. The van der Waals surface area contributed by atoms with Crippen LogP contribution >= 0.6 is 0 Å². The summed E-state index contributed by atoms with van der Waals surface area (Å²) in [5.74, 6) is -0.903. The highest BCUT2D eigenvalue weighted by Gasteiger charge is 2.31. The first-order valence-electron chi connectivity index (χ1n) is 8.78. The Morgan fingerprint density at radius 1 is 1.00 bits per heavy atom. The molecule has 2 N–H and O–H groups in total. The summed E-state index contributed by atoms with van der Waals surface area (Å²) in [6.45, 7) is 0.673. The number of carbonyl (C=O) groups excluding carboxylic acids is 3. The summed E-state index contributed by atoms with van der Waals surface area (Å²) in [6, 6.07) is 10.6. The Balaban J connectivity index is 1.50. The molecule has 0 spiro atoms. The molecule has 4 rings (SSSR count). The molecule has 0 radical (unpaired) electrons. The molecule has 7 heteroatoms. The molecule has 2 aliphatic heterocycles. The average molecular weight is 365 g/mol. The maximum atomic E-state index is 12.3. The molecule has 2 aromatic carbocycles. The van der Waals surface area contributed by atoms with Crippen LogP contribution in [0.4, 0.5) is 17.1 Å². The molecule has 0 unspecified atom stereocenters. The standard InChI is InChI=1S/C20H19N3O4/c1-27-16-5-3-2-4-15(16)22-20(26)19(25)21-14-10-12-6-7-17(24)23-9-8-13(11-14)18(12)23/h2-5,10-11H,6-9H2,1H3,(H,21,25)(H,22,26). The van der Waals surface area contributed by atoms with Crippen LogP contribution in [0, 0.1) is 0 Å². The van der Waals surface area contributed by atoms with E-state index in [4.69, 9.17) is 4.74 Å². The summed E-state index contributed by atoms with van der Waals surface area (Å²) in [5.41, 5.74) is 4.03. The third kappa shape index (κ3) is 3.12. The average Bonchev–Trinajstić information content (AvgIpc) is 3.10. The van der Waals surface area contributed by atoms with Crippen molar-refractivity contribution >= 4 is 34.8 Å². The van der Waals surface area contributed by atoms with Crippen LogP contribution in [0.2, 0.25) is 0 Å². The van der Waals surface area contributed by atoms with E-state index >= 15 is 0 Å². The van der Waals surface area contributed by atoms with Crippen LogP contribution in [-0.2, 0) is 27.2 Å². The van der Waals surface area contributed by atoms with Gasteiger partial charge >= 0.3 is 11.8 Å². The van der Waals surface area contributed by atoms with Crippen LogP contribution in [0.5, 0.6) is 5.75 Å². The quantitative estimate of drug-likeness (QED) is 0.816. The fourth-order valence-corrected chi connectivity index (χ4v) is 3.64. The lowest BCUT2D eigenvalue weighted by Gasteiger charge is -2.25. The van der Waals surface area contributed by atoms with Crippen LogP contribution < -0.4 is 20.3 Å². The van der Waals surface area contributed by atoms with Crippen LogP contribution in [0.15, 0.2) is 36.4 Å². The first kappa shape index (κ1) is 17.1. The summed E-state index contributed by atoms with van der Waals surface area (Å²) in [7, 11) is 1.50. The van der Waals surface area contributed by atoms with Crippen molar-refractivity contribution in [3.63, 3.8) is 0 Å². The normalized spacial score (nSPS) is 14.6. The molecule has 2 aliphatic rings. The number of benzene rings is 2. The monoisotopic (exact) mass is 365 g/mol. The molecule has 0 fully saturated rings. The van der Waals surface area contributed by atoms with E-state index in [0.29, 0.717) is 36.5 Å². The van der Waals surface area contributed by atoms with Gasteiger partial charge < -0.3 is 20.3 Å². The Bertz CT molecular complexity index is 954. The lowest BCUT2D eigenvalue weighted by atomic mass is 9.98. The zero-order valence-corrected chi connectivity index (χ0v) is 14.9. The number of aryl methyl sites for hydroxylation is 1. The van der Waals surface area contributed by atoms with Crippen LogP contribution in [0.1, 0.15) is 17.5 Å². The van der Waals surface area contributed by atoms with Crippen molar-refractivity contribution in [2.75, 3.05) is 29.2 Å². The second kappa shape index (κ2) is 6.75. The Morgan fingerprint density at radius 3 is 2.48 bits per heavy atom. The Labute approximate surface area is 156 Å². The third-order valence-corrected chi connectivity index (χ3v) is 4.87. The number of methoxy groups -OCH3 is 1. The number of nitrogens with zero attached hydrogens (tertiary/aromatic N) is 1. The van der Waals surface area contributed by atoms with Gasteiger partial charge in [0.2, 0.25) is 5.91 Å². The van der Waals surface area contributed by atoms with E-state index in [1.54, 1.807) is 24.3 Å². The van der Waals surface area contributed by atoms with E-state index in [-0.39, 0.29) is 5.91 Å². The number of anilines is 3. The number of para-hydroxylation sites is 2. The minimum absolute atomic E-state index is 0.147. The molecule has 0 aliphatic carbocycles. The molecule has 2 aromatic rings. The highest BCUT2D eigenvalue weighted by molar-refractivity contribution is 6.43. The van der Waals surface area contributed by atoms with Gasteiger partial charge in [-0.1, -0.05) is 12.1 Å². The van der Waals surface area contributed by atoms with Crippen molar-refractivity contribution < 1.29 is 19.1 Å². The number of amides is 3. The molecule has 2 heterocycles. The van der Waals surface area contributed by atoms with Crippen molar-refractivity contribution in [2.24, 2.45) is 0 Å². The van der Waals surface area contributed by atoms with E-state index in [2.05, 4.69) is 10.6 Å². The summed E-state index contributed by atoms with van der Waals surface area (Å²) in [4.78, 5) is 38.4. The lowest BCUT2D eigenvalue weighted by Crippen LogP contribution is -2.33. The highest BCUT2D eigenvalue weighted by Crippen LogP contribution is 2.38. The summed E-state index contributed by atoms with van der Waals surface area (Å²) in [6.07, 6.45) is 1.87. The van der Waals surface area contributed by atoms with Gasteiger partial charge in [-0.15, -0.1) is 0 Å². The number of nitrogens with one attached hydrogen (secondary N) is 2. The minimum atomic E-state index is -0.773. The predicted molar refractivity (Wildman–Crippen MR) is 101 cm³/mol. The Kier molecular flexibility index (Phi) is 4.27. The second-order valence-electron chi connectivity index (χ2n) is 6.55. The largest absolute Gasteiger partial charge is 0.495 e. The molecule has 138 valence electrons. The number of ether oxygens (including phenoxy) is 1. The molecule has 0 saturated heterocycles. The third-order valence-electron chi connectivity index (χ3n) is 4.87. The molecule has 0 bridgehead atoms. The van der Waals surface area contributed by atoms with Gasteiger partial charge in [-0.2, -0.15) is 0 Å². The van der Waals surface area contributed by atoms with Gasteiger partial charge in [-0.05, 0) is 48.2 Å². The fourth-order valence-electron chi connectivity index (χ4n) is 3.64. The van der Waals surface area contributed by atoms with Gasteiger partial charge in [0.15, 0.2) is 0 Å². The fraction of sp³-hybridized carbons (Fsp3) is 0.250. The van der Waals surface area contributed by atoms with Crippen LogP contribution in [-0.4, -0.2) is 31.4 Å². The number of hydrogen-bond acceptors (Lipinski definition) is 4. The van der Waals surface area contributed by atoms with Gasteiger partial charge in [0.1, 0.15) is 5.75 Å². The van der Waals surface area contributed by atoms with Gasteiger partial charge in [0.05, 0.1) is 18.5 Å². The van der Waals surface area contributed by atoms with Crippen LogP contribution in [0.3, 0.4) is 0 Å². The smallest absolute Gasteiger partial charge is 0.314 e. The molecular weight excluding hydrogens is 346 g/mol. The van der Waals surface area contributed by atoms with Gasteiger partial charge in [0, 0.05) is 18.7 Å². The molecule has 7 nitrogen and oxygen atoms in total. The summed E-state index contributed by atoms with van der Waals surface area (Å²) in [5, 5.41) is 5.22. The first-order chi connectivity index (χ1) is 13.1. The minimum Gasteiger partial charge on any atom is -0.495 e. The maximum absolute atomic E-state index is 12.3. The number of carbonyl (C=O) groups is 3. The van der Waals surface area contributed by atoms with Gasteiger partial charge in [-0.25, -0.2) is 0 Å². The van der Waals surface area contributed by atoms with Gasteiger partial charge in [0.25, 0.3) is 0 Å². The maximum Gasteiger partial charge on any atom is 0.314 e. The van der Waals surface area contributed by atoms with Crippen molar-refractivity contribution in [3.8, 4) is 5.75 Å². The van der Waals surface area contributed by atoms with E-state index in [9.17, 15) is 14.4 Å². The predicted octanol–water partition coefficient (Wildman–Crippen LogP) is 2.11. The Morgan fingerprint density at radius 2 is 1.70 bits per heavy atom. The molecule has 27 heavy (non-hydrogen) atoms. The highest BCUT2D eigenvalue weighted by atomic mass is 16.5. The number of rotatable bonds is 3. The lowest BCUT2D eigenvalue weighted by molar-refractivity contribution is -0.133. The van der Waals surface area contributed by atoms with Crippen molar-refractivity contribution in [1.82, 2.24) is 0 Å². The SMILES string of the molecule is COc1ccccc1NC(=O)C(=O)Nc1cc2c3c(c1)CCN3C(=O)CC2. The first-order valence-corrected chi connectivity index (χ1v) is 8.78. The van der Waals surface area contributed by atoms with E-state index in [1.165, 1.54) is 7.11 Å². The van der Waals surface area contributed by atoms with E-state index in [0.717, 1.165) is 23.2 Å². The van der Waals surface area contributed by atoms with Gasteiger partial charge in [-0.3, -0.25) is 14.4 Å². The van der Waals surface area contributed by atoms with Crippen molar-refractivity contribution in [1.29, 1.82) is 0 Å². The molecule has 0 aromatic heterocycles. The molecular formula is C20H19N3O4. The summed E-state index contributed by atoms with van der Waals surface area (Å²) >= 11 is 0. The van der Waals surface area contributed by atoms with E-state index < -0.39 is 11.8 Å². The van der Waals surface area contributed by atoms with E-state index in [1.807, 2.05) is 17.0 Å². The zero-order valence-electron chi connectivity index (χ0n) is 14.9. The number of hydrogen-bond donors (Lipinski definition) is 2.